The average Bonchev–Trinajstić information content (AvgIpc) is 3.33. The van der Waals surface area contributed by atoms with E-state index in [1.54, 1.807) is 6.33 Å². The van der Waals surface area contributed by atoms with Crippen molar-refractivity contribution in [2.75, 3.05) is 19.5 Å². The fraction of sp³-hybridized carbons (Fsp3) is 0.680. The molecule has 2 aromatic heterocycles. The van der Waals surface area contributed by atoms with E-state index >= 15 is 0 Å². The Morgan fingerprint density at radius 2 is 1.70 bits per heavy atom. The van der Waals surface area contributed by atoms with Crippen LogP contribution in [-0.2, 0) is 23.1 Å². The van der Waals surface area contributed by atoms with Crippen molar-refractivity contribution in [3.63, 3.8) is 0 Å². The molecular weight excluding hydrogens is 506 g/mol. The zero-order valence-corrected chi connectivity index (χ0v) is 26.1. The summed E-state index contributed by atoms with van der Waals surface area (Å²) in [4.78, 5) is 25.5. The Morgan fingerprint density at radius 3 is 2.27 bits per heavy atom. The highest BCUT2D eigenvalue weighted by molar-refractivity contribution is 6.74. The number of esters is 1. The lowest BCUT2D eigenvalue weighted by Gasteiger charge is -2.39. The number of anilines is 1. The van der Waals surface area contributed by atoms with Crippen LogP contribution in [0.5, 0.6) is 0 Å². The van der Waals surface area contributed by atoms with Gasteiger partial charge in [-0.15, -0.1) is 0 Å². The van der Waals surface area contributed by atoms with Crippen molar-refractivity contribution in [2.24, 2.45) is 0 Å². The van der Waals surface area contributed by atoms with E-state index in [1.165, 1.54) is 19.5 Å². The maximum atomic E-state index is 12.5. The molecule has 0 radical (unpaired) electrons. The van der Waals surface area contributed by atoms with Gasteiger partial charge < -0.3 is 24.1 Å². The van der Waals surface area contributed by atoms with Crippen LogP contribution in [0.4, 0.5) is 5.82 Å². The molecule has 0 unspecified atom stereocenters. The van der Waals surface area contributed by atoms with E-state index < -0.39 is 41.0 Å². The van der Waals surface area contributed by atoms with Crippen LogP contribution in [0.3, 0.4) is 0 Å². The fourth-order valence-corrected chi connectivity index (χ4v) is 5.80. The van der Waals surface area contributed by atoms with Crippen molar-refractivity contribution >= 4 is 39.6 Å². The first-order valence-electron chi connectivity index (χ1n) is 12.6. The van der Waals surface area contributed by atoms with Gasteiger partial charge >= 0.3 is 5.97 Å². The lowest BCUT2D eigenvalue weighted by molar-refractivity contribution is -0.135. The van der Waals surface area contributed by atoms with Crippen LogP contribution >= 0.6 is 0 Å². The Balaban J connectivity index is 2.12. The second-order valence-electron chi connectivity index (χ2n) is 12.6. The van der Waals surface area contributed by atoms with Crippen LogP contribution in [0.2, 0.25) is 36.3 Å². The third-order valence-electron chi connectivity index (χ3n) is 8.04. The Kier molecular flexibility index (Phi) is 8.12. The molecule has 0 aromatic carbocycles. The molecule has 37 heavy (non-hydrogen) atoms. The first kappa shape index (κ1) is 29.4. The van der Waals surface area contributed by atoms with Crippen LogP contribution in [0.15, 0.2) is 24.3 Å². The number of carbonyl (C=O) groups is 1. The molecule has 3 atom stereocenters. The van der Waals surface area contributed by atoms with Gasteiger partial charge in [0.2, 0.25) is 0 Å². The molecule has 3 heterocycles. The number of nitrogens with two attached hydrogens (primary N) is 1. The second-order valence-corrected chi connectivity index (χ2v) is 22.2. The molecule has 3 rings (SSSR count). The Labute approximate surface area is 222 Å². The normalized spacial score (nSPS) is 22.7. The summed E-state index contributed by atoms with van der Waals surface area (Å²) in [6, 6.07) is 0. The van der Waals surface area contributed by atoms with E-state index in [0.29, 0.717) is 16.7 Å². The van der Waals surface area contributed by atoms with Gasteiger partial charge in [0.15, 0.2) is 34.3 Å². The number of hydrogen-bond acceptors (Lipinski definition) is 9. The molecule has 206 valence electrons. The molecule has 1 aliphatic heterocycles. The van der Waals surface area contributed by atoms with Gasteiger partial charge in [0.05, 0.1) is 20.0 Å². The number of carbonyl (C=O) groups excluding carboxylic acids is 1. The number of ether oxygens (including phenoxy) is 2. The summed E-state index contributed by atoms with van der Waals surface area (Å²) in [5.41, 5.74) is 7.76. The molecule has 0 spiro atoms. The standard InChI is InChI=1S/C25H43N5O5Si2/c1-24(2,3)36(8,9)33-13-17-16(12-18(31)32-7)20(35-37(10,11)25(4,5)6)23(34-17)30-15-29-19-21(26)27-14-28-22(19)30/h12,14-15,17,20,23H,13H2,1-11H3,(H2,26,27,28)/b16-12+/t17-,20-,23-/m1/s1. The number of nitrogens with zero attached hydrogens (tertiary/aromatic N) is 4. The number of nitrogen functional groups attached to an aromatic ring is 1. The number of hydrogen-bond donors (Lipinski definition) is 1. The average molecular weight is 550 g/mol. The van der Waals surface area contributed by atoms with Gasteiger partial charge in [-0.3, -0.25) is 4.57 Å². The minimum atomic E-state index is -2.32. The van der Waals surface area contributed by atoms with E-state index in [2.05, 4.69) is 82.7 Å². The van der Waals surface area contributed by atoms with Crippen molar-refractivity contribution in [1.82, 2.24) is 19.5 Å². The first-order valence-corrected chi connectivity index (χ1v) is 18.4. The van der Waals surface area contributed by atoms with Crippen LogP contribution in [0, 0.1) is 0 Å². The summed E-state index contributed by atoms with van der Waals surface area (Å²) >= 11 is 0. The lowest BCUT2D eigenvalue weighted by atomic mass is 10.1. The third-order valence-corrected chi connectivity index (χ3v) is 17.0. The summed E-state index contributed by atoms with van der Waals surface area (Å²) in [5.74, 6) is -0.186. The van der Waals surface area contributed by atoms with Crippen molar-refractivity contribution < 1.29 is 23.1 Å². The highest BCUT2D eigenvalue weighted by Crippen LogP contribution is 2.45. The largest absolute Gasteiger partial charge is 0.466 e. The summed E-state index contributed by atoms with van der Waals surface area (Å²) in [7, 11) is -3.06. The Hall–Kier alpha value is -2.13. The summed E-state index contributed by atoms with van der Waals surface area (Å²) in [5, 5.41) is -0.0590. The van der Waals surface area contributed by atoms with Gasteiger partial charge in [-0.1, -0.05) is 41.5 Å². The van der Waals surface area contributed by atoms with E-state index in [9.17, 15) is 4.79 Å². The summed E-state index contributed by atoms with van der Waals surface area (Å²) in [6.07, 6.45) is 2.77. The second kappa shape index (κ2) is 10.2. The van der Waals surface area contributed by atoms with E-state index in [4.69, 9.17) is 24.1 Å². The smallest absolute Gasteiger partial charge is 0.330 e. The molecule has 0 bridgehead atoms. The SMILES string of the molecule is COC(=O)/C=C1/[C@@H](O[Si](C)(C)C(C)(C)C)[C@H](n2cnc3c(N)ncnc32)O[C@@H]1CO[Si](C)(C)C(C)(C)C. The molecule has 12 heteroatoms. The summed E-state index contributed by atoms with van der Waals surface area (Å²) < 4.78 is 26.9. The van der Waals surface area contributed by atoms with Gasteiger partial charge in [-0.25, -0.2) is 19.7 Å². The fourth-order valence-electron chi connectivity index (χ4n) is 3.56. The van der Waals surface area contributed by atoms with Crippen molar-refractivity contribution in [2.45, 2.75) is 96.2 Å². The van der Waals surface area contributed by atoms with E-state index in [-0.39, 0.29) is 22.5 Å². The molecule has 1 fully saturated rings. The van der Waals surface area contributed by atoms with Gasteiger partial charge in [-0.2, -0.15) is 0 Å². The zero-order valence-electron chi connectivity index (χ0n) is 24.1. The molecule has 0 saturated carbocycles. The summed E-state index contributed by atoms with van der Waals surface area (Å²) in [6.45, 7) is 22.1. The predicted octanol–water partition coefficient (Wildman–Crippen LogP) is 4.82. The number of imidazole rings is 1. The molecule has 1 aliphatic rings. The Bertz CT molecular complexity index is 1170. The molecule has 0 aliphatic carbocycles. The number of aromatic nitrogens is 4. The highest BCUT2D eigenvalue weighted by Gasteiger charge is 2.49. The quantitative estimate of drug-likeness (QED) is 0.294. The minimum absolute atomic E-state index is 0.0171. The highest BCUT2D eigenvalue weighted by atomic mass is 28.4. The molecule has 2 N–H and O–H groups in total. The zero-order chi connectivity index (χ0) is 28.0. The maximum absolute atomic E-state index is 12.5. The number of methoxy groups -OCH3 is 1. The molecule has 10 nitrogen and oxygen atoms in total. The van der Waals surface area contributed by atoms with Crippen LogP contribution in [0.1, 0.15) is 47.8 Å². The van der Waals surface area contributed by atoms with E-state index in [0.717, 1.165) is 0 Å². The van der Waals surface area contributed by atoms with Gasteiger partial charge in [0.1, 0.15) is 24.1 Å². The monoisotopic (exact) mass is 549 g/mol. The minimum Gasteiger partial charge on any atom is -0.466 e. The lowest BCUT2D eigenvalue weighted by Crippen LogP contribution is -2.46. The molecule has 0 amide bonds. The van der Waals surface area contributed by atoms with Crippen LogP contribution in [0.25, 0.3) is 11.2 Å². The topological polar surface area (TPSA) is 124 Å². The van der Waals surface area contributed by atoms with Gasteiger partial charge in [0.25, 0.3) is 0 Å². The van der Waals surface area contributed by atoms with E-state index in [1.807, 2.05) is 4.57 Å². The predicted molar refractivity (Wildman–Crippen MR) is 149 cm³/mol. The van der Waals surface area contributed by atoms with Gasteiger partial charge in [0, 0.05) is 6.08 Å². The van der Waals surface area contributed by atoms with Gasteiger partial charge in [-0.05, 0) is 41.8 Å². The maximum Gasteiger partial charge on any atom is 0.330 e. The molecule has 1 saturated heterocycles. The van der Waals surface area contributed by atoms with Crippen LogP contribution in [-0.4, -0.2) is 68.0 Å². The molecule has 2 aromatic rings. The number of rotatable bonds is 7. The Morgan fingerprint density at radius 1 is 1.08 bits per heavy atom. The number of fused-ring (bicyclic) bond motifs is 1. The van der Waals surface area contributed by atoms with Crippen LogP contribution < -0.4 is 5.73 Å². The van der Waals surface area contributed by atoms with Crippen molar-refractivity contribution in [3.8, 4) is 0 Å². The first-order chi connectivity index (χ1) is 16.9. The third kappa shape index (κ3) is 5.98. The van der Waals surface area contributed by atoms with Crippen molar-refractivity contribution in [1.29, 1.82) is 0 Å². The molecular formula is C25H43N5O5Si2. The van der Waals surface area contributed by atoms with Crippen molar-refractivity contribution in [3.05, 3.63) is 24.3 Å².